The Balaban J connectivity index is 1.90. The van der Waals surface area contributed by atoms with E-state index in [9.17, 15) is 15.0 Å². The maximum Gasteiger partial charge on any atom is 0.341 e. The van der Waals surface area contributed by atoms with Gasteiger partial charge >= 0.3 is 5.97 Å². The summed E-state index contributed by atoms with van der Waals surface area (Å²) in [6.07, 6.45) is 0.566. The number of carbonyl (C=O) groups excluding carboxylic acids is 1. The summed E-state index contributed by atoms with van der Waals surface area (Å²) in [5.41, 5.74) is 1.50. The average Bonchev–Trinajstić information content (AvgIpc) is 2.65. The van der Waals surface area contributed by atoms with E-state index in [0.29, 0.717) is 48.0 Å². The number of methoxy groups -OCH3 is 2. The maximum absolute atomic E-state index is 11.6. The molecule has 2 rings (SSSR count). The van der Waals surface area contributed by atoms with Crippen LogP contribution >= 0.6 is 0 Å². The Labute approximate surface area is 158 Å². The Bertz CT molecular complexity index is 814. The van der Waals surface area contributed by atoms with Crippen LogP contribution in [0.2, 0.25) is 0 Å². The van der Waals surface area contributed by atoms with Gasteiger partial charge in [-0.05, 0) is 37.1 Å². The average molecular weight is 376 g/mol. The van der Waals surface area contributed by atoms with Crippen LogP contribution in [0.1, 0.15) is 27.9 Å². The Morgan fingerprint density at radius 2 is 1.48 bits per heavy atom. The topological polar surface area (TPSA) is 94.5 Å². The molecule has 0 saturated carbocycles. The second kappa shape index (κ2) is 9.02. The molecule has 2 aromatic carbocycles. The van der Waals surface area contributed by atoms with Gasteiger partial charge in [-0.3, -0.25) is 0 Å². The highest BCUT2D eigenvalue weighted by atomic mass is 16.5. The first-order valence-electron chi connectivity index (χ1n) is 8.42. The van der Waals surface area contributed by atoms with Crippen molar-refractivity contribution in [2.75, 3.05) is 27.4 Å². The molecule has 2 N–H and O–H groups in total. The molecule has 0 aromatic heterocycles. The largest absolute Gasteiger partial charge is 0.508 e. The van der Waals surface area contributed by atoms with Gasteiger partial charge in [0.1, 0.15) is 22.8 Å². The number of aryl methyl sites for hydroxylation is 2. The number of phenolic OH excluding ortho intramolecular Hbond substituents is 2. The Morgan fingerprint density at radius 1 is 0.852 bits per heavy atom. The number of benzene rings is 2. The molecule has 0 radical (unpaired) electrons. The molecule has 0 aliphatic rings. The SMILES string of the molecule is COC(=O)c1cc(C)c(OCCCOc2cc(O)c(C)cc2OC)cc1O. The molecule has 27 heavy (non-hydrogen) atoms. The van der Waals surface area contributed by atoms with Gasteiger partial charge in [-0.1, -0.05) is 0 Å². The molecule has 146 valence electrons. The Hall–Kier alpha value is -3.09. The number of phenols is 2. The Kier molecular flexibility index (Phi) is 6.76. The van der Waals surface area contributed by atoms with Crippen LogP contribution in [0.15, 0.2) is 24.3 Å². The van der Waals surface area contributed by atoms with Crippen molar-refractivity contribution in [2.24, 2.45) is 0 Å². The van der Waals surface area contributed by atoms with Crippen molar-refractivity contribution in [2.45, 2.75) is 20.3 Å². The second-order valence-electron chi connectivity index (χ2n) is 5.97. The van der Waals surface area contributed by atoms with Crippen LogP contribution < -0.4 is 14.2 Å². The summed E-state index contributed by atoms with van der Waals surface area (Å²) in [5, 5.41) is 19.7. The molecule has 7 heteroatoms. The van der Waals surface area contributed by atoms with Gasteiger partial charge in [0.05, 0.1) is 27.4 Å². The monoisotopic (exact) mass is 376 g/mol. The summed E-state index contributed by atoms with van der Waals surface area (Å²) in [5.74, 6) is 0.816. The van der Waals surface area contributed by atoms with Gasteiger partial charge in [-0.15, -0.1) is 0 Å². The second-order valence-corrected chi connectivity index (χ2v) is 5.97. The quantitative estimate of drug-likeness (QED) is 0.539. The van der Waals surface area contributed by atoms with E-state index < -0.39 is 5.97 Å². The van der Waals surface area contributed by atoms with Crippen molar-refractivity contribution in [3.8, 4) is 28.7 Å². The fourth-order valence-electron chi connectivity index (χ4n) is 2.45. The van der Waals surface area contributed by atoms with Crippen molar-refractivity contribution in [1.29, 1.82) is 0 Å². The number of carbonyl (C=O) groups is 1. The minimum absolute atomic E-state index is 0.0944. The molecule has 0 saturated heterocycles. The summed E-state index contributed by atoms with van der Waals surface area (Å²) in [4.78, 5) is 11.6. The summed E-state index contributed by atoms with van der Waals surface area (Å²) in [6, 6.07) is 6.13. The Morgan fingerprint density at radius 3 is 2.11 bits per heavy atom. The predicted molar refractivity (Wildman–Crippen MR) is 99.2 cm³/mol. The number of aromatic hydroxyl groups is 2. The van der Waals surface area contributed by atoms with Gasteiger partial charge in [0.15, 0.2) is 11.5 Å². The van der Waals surface area contributed by atoms with Gasteiger partial charge < -0.3 is 29.2 Å². The highest BCUT2D eigenvalue weighted by Gasteiger charge is 2.15. The molecule has 0 aliphatic carbocycles. The summed E-state index contributed by atoms with van der Waals surface area (Å²) in [6.45, 7) is 4.25. The lowest BCUT2D eigenvalue weighted by Crippen LogP contribution is -2.07. The highest BCUT2D eigenvalue weighted by molar-refractivity contribution is 5.92. The highest BCUT2D eigenvalue weighted by Crippen LogP contribution is 2.34. The third-order valence-electron chi connectivity index (χ3n) is 3.98. The zero-order valence-corrected chi connectivity index (χ0v) is 15.9. The molecule has 0 fully saturated rings. The fourth-order valence-corrected chi connectivity index (χ4v) is 2.45. The zero-order valence-electron chi connectivity index (χ0n) is 15.9. The lowest BCUT2D eigenvalue weighted by atomic mass is 10.1. The van der Waals surface area contributed by atoms with E-state index in [1.54, 1.807) is 19.9 Å². The smallest absolute Gasteiger partial charge is 0.341 e. The number of esters is 1. The first-order valence-corrected chi connectivity index (χ1v) is 8.42. The molecule has 0 amide bonds. The molecule has 0 atom stereocenters. The van der Waals surface area contributed by atoms with E-state index in [1.807, 2.05) is 0 Å². The van der Waals surface area contributed by atoms with E-state index in [0.717, 1.165) is 0 Å². The molecule has 2 aromatic rings. The van der Waals surface area contributed by atoms with Crippen LogP contribution in [-0.2, 0) is 4.74 Å². The van der Waals surface area contributed by atoms with E-state index in [2.05, 4.69) is 4.74 Å². The number of rotatable bonds is 8. The van der Waals surface area contributed by atoms with Crippen LogP contribution in [0.5, 0.6) is 28.7 Å². The van der Waals surface area contributed by atoms with Crippen molar-refractivity contribution >= 4 is 5.97 Å². The van der Waals surface area contributed by atoms with Gasteiger partial charge in [0.25, 0.3) is 0 Å². The van der Waals surface area contributed by atoms with E-state index in [4.69, 9.17) is 14.2 Å². The summed E-state index contributed by atoms with van der Waals surface area (Å²) in [7, 11) is 2.79. The van der Waals surface area contributed by atoms with E-state index in [1.165, 1.54) is 32.4 Å². The molecule has 0 unspecified atom stereocenters. The minimum Gasteiger partial charge on any atom is -0.508 e. The molecular weight excluding hydrogens is 352 g/mol. The molecule has 0 spiro atoms. The van der Waals surface area contributed by atoms with Crippen molar-refractivity contribution in [3.05, 3.63) is 41.0 Å². The maximum atomic E-state index is 11.6. The third-order valence-corrected chi connectivity index (χ3v) is 3.98. The van der Waals surface area contributed by atoms with Gasteiger partial charge in [-0.2, -0.15) is 0 Å². The first kappa shape index (κ1) is 20.2. The molecule has 7 nitrogen and oxygen atoms in total. The number of ether oxygens (including phenoxy) is 4. The molecule has 0 bridgehead atoms. The summed E-state index contributed by atoms with van der Waals surface area (Å²) >= 11 is 0. The summed E-state index contributed by atoms with van der Waals surface area (Å²) < 4.78 is 21.2. The van der Waals surface area contributed by atoms with E-state index >= 15 is 0 Å². The molecule has 0 aliphatic heterocycles. The third kappa shape index (κ3) is 4.97. The first-order chi connectivity index (χ1) is 12.9. The van der Waals surface area contributed by atoms with Crippen molar-refractivity contribution < 1.29 is 34.0 Å². The van der Waals surface area contributed by atoms with Crippen LogP contribution in [0, 0.1) is 13.8 Å². The van der Waals surface area contributed by atoms with Crippen LogP contribution in [0.3, 0.4) is 0 Å². The zero-order chi connectivity index (χ0) is 20.0. The lowest BCUT2D eigenvalue weighted by molar-refractivity contribution is 0.0597. The minimum atomic E-state index is -0.606. The van der Waals surface area contributed by atoms with Gasteiger partial charge in [-0.25, -0.2) is 4.79 Å². The molecule has 0 heterocycles. The van der Waals surface area contributed by atoms with Crippen LogP contribution in [0.4, 0.5) is 0 Å². The van der Waals surface area contributed by atoms with Gasteiger partial charge in [0.2, 0.25) is 0 Å². The predicted octanol–water partition coefficient (Wildman–Crippen LogP) is 3.36. The normalized spacial score (nSPS) is 10.4. The number of hydrogen-bond donors (Lipinski definition) is 2. The fraction of sp³-hybridized carbons (Fsp3) is 0.350. The van der Waals surface area contributed by atoms with Gasteiger partial charge in [0, 0.05) is 18.6 Å². The lowest BCUT2D eigenvalue weighted by Gasteiger charge is -2.14. The standard InChI is InChI=1S/C20H24O7/c1-12-9-18(24-3)19(10-15(12)21)27-7-5-6-26-17-11-16(22)14(8-13(17)2)20(23)25-4/h8-11,21-22H,5-7H2,1-4H3. The van der Waals surface area contributed by atoms with Crippen molar-refractivity contribution in [3.63, 3.8) is 0 Å². The van der Waals surface area contributed by atoms with E-state index in [-0.39, 0.29) is 17.1 Å². The molecular formula is C20H24O7. The van der Waals surface area contributed by atoms with Crippen molar-refractivity contribution in [1.82, 2.24) is 0 Å². The van der Waals surface area contributed by atoms with Crippen LogP contribution in [-0.4, -0.2) is 43.6 Å². The van der Waals surface area contributed by atoms with Crippen LogP contribution in [0.25, 0.3) is 0 Å². The number of hydrogen-bond acceptors (Lipinski definition) is 7.